The molecule has 4 fully saturated rings. The van der Waals surface area contributed by atoms with Crippen molar-refractivity contribution < 1.29 is 38.1 Å². The molecule has 0 unspecified atom stereocenters. The molecule has 1 aliphatic carbocycles. The number of hydrogen-bond acceptors (Lipinski definition) is 8. The van der Waals surface area contributed by atoms with Crippen LogP contribution in [0.1, 0.15) is 85.4 Å². The van der Waals surface area contributed by atoms with E-state index >= 15 is 0 Å². The highest BCUT2D eigenvalue weighted by molar-refractivity contribution is 5.90. The summed E-state index contributed by atoms with van der Waals surface area (Å²) in [6.07, 6.45) is 4.17. The van der Waals surface area contributed by atoms with Gasteiger partial charge >= 0.3 is 11.9 Å². The van der Waals surface area contributed by atoms with Gasteiger partial charge in [-0.15, -0.1) is 0 Å². The second kappa shape index (κ2) is 13.4. The molecule has 2 aromatic carbocycles. The average Bonchev–Trinajstić information content (AvgIpc) is 3.55. The van der Waals surface area contributed by atoms with E-state index in [-0.39, 0.29) is 36.9 Å². The van der Waals surface area contributed by atoms with Gasteiger partial charge in [-0.25, -0.2) is 4.79 Å². The normalized spacial score (nSPS) is 24.7. The minimum absolute atomic E-state index is 0.0981. The molecule has 0 spiro atoms. The van der Waals surface area contributed by atoms with E-state index in [2.05, 4.69) is 29.6 Å². The van der Waals surface area contributed by atoms with Crippen LogP contribution in [0.25, 0.3) is 0 Å². The SMILES string of the molecule is C[C@H](NC(=O)[C@@H]1CCCO1)[C@H](Oc1ccc(C(=O)O[C@H]2CCCN(C(=O)[C@H]3COC(=O)C3)C2)cc1)c1ccc(C2CC2)cc1. The maximum absolute atomic E-state index is 13.0. The first-order chi connectivity index (χ1) is 21.3. The first-order valence-electron chi connectivity index (χ1n) is 15.8. The molecule has 234 valence electrons. The lowest BCUT2D eigenvalue weighted by Crippen LogP contribution is -2.46. The Balaban J connectivity index is 1.08. The van der Waals surface area contributed by atoms with Gasteiger partial charge in [-0.3, -0.25) is 14.4 Å². The zero-order valence-electron chi connectivity index (χ0n) is 25.1. The fourth-order valence-electron chi connectivity index (χ4n) is 6.21. The van der Waals surface area contributed by atoms with Crippen molar-refractivity contribution in [3.05, 3.63) is 65.2 Å². The molecule has 0 bridgehead atoms. The summed E-state index contributed by atoms with van der Waals surface area (Å²) in [6.45, 7) is 3.50. The molecule has 44 heavy (non-hydrogen) atoms. The van der Waals surface area contributed by atoms with Crippen molar-refractivity contribution in [2.24, 2.45) is 5.92 Å². The number of carbonyl (C=O) groups excluding carboxylic acids is 4. The monoisotopic (exact) mass is 604 g/mol. The largest absolute Gasteiger partial charge is 0.484 e. The van der Waals surface area contributed by atoms with Gasteiger partial charge in [0.15, 0.2) is 0 Å². The molecule has 4 aliphatic rings. The number of likely N-dealkylation sites (tertiary alicyclic amines) is 1. The van der Waals surface area contributed by atoms with Crippen LogP contribution in [0, 0.1) is 5.92 Å². The predicted molar refractivity (Wildman–Crippen MR) is 159 cm³/mol. The summed E-state index contributed by atoms with van der Waals surface area (Å²) in [5.74, 6) is -0.362. The summed E-state index contributed by atoms with van der Waals surface area (Å²) in [6, 6.07) is 14.8. The molecule has 5 atom stereocenters. The minimum atomic E-state index is -0.473. The molecule has 2 aromatic rings. The van der Waals surface area contributed by atoms with Crippen molar-refractivity contribution in [3.63, 3.8) is 0 Å². The molecular weight excluding hydrogens is 564 g/mol. The standard InChI is InChI=1S/C34H40N2O8/c1-21(35-32(38)29-5-3-17-41-29)31(24-10-8-23(9-11-24)22-6-7-22)43-27-14-12-25(13-15-27)34(40)44-28-4-2-16-36(19-28)33(39)26-18-30(37)42-20-26/h8-15,21-22,26,28-29,31H,2-7,16-20H2,1H3,(H,35,38)/t21-,26+,28-,29-,31-/m0/s1. The summed E-state index contributed by atoms with van der Waals surface area (Å²) in [5, 5.41) is 3.08. The van der Waals surface area contributed by atoms with Gasteiger partial charge in [0.05, 0.1) is 30.5 Å². The van der Waals surface area contributed by atoms with Crippen LogP contribution in [0.4, 0.5) is 0 Å². The third-order valence-electron chi connectivity index (χ3n) is 8.88. The van der Waals surface area contributed by atoms with E-state index in [0.29, 0.717) is 56.2 Å². The van der Waals surface area contributed by atoms with E-state index in [9.17, 15) is 19.2 Å². The Bertz CT molecular complexity index is 1350. The minimum Gasteiger partial charge on any atom is -0.484 e. The Morgan fingerprint density at radius 2 is 1.75 bits per heavy atom. The predicted octanol–water partition coefficient (Wildman–Crippen LogP) is 4.08. The van der Waals surface area contributed by atoms with Crippen molar-refractivity contribution in [3.8, 4) is 5.75 Å². The zero-order valence-corrected chi connectivity index (χ0v) is 25.1. The Labute approximate surface area is 257 Å². The lowest BCUT2D eigenvalue weighted by molar-refractivity contribution is -0.139. The number of piperidine rings is 1. The maximum Gasteiger partial charge on any atom is 0.338 e. The lowest BCUT2D eigenvalue weighted by atomic mass is 10.00. The Hall–Kier alpha value is -3.92. The van der Waals surface area contributed by atoms with Crippen molar-refractivity contribution >= 4 is 23.8 Å². The molecule has 3 saturated heterocycles. The van der Waals surface area contributed by atoms with Gasteiger partial charge in [0.1, 0.15) is 30.7 Å². The lowest BCUT2D eigenvalue weighted by Gasteiger charge is -2.33. The van der Waals surface area contributed by atoms with Crippen LogP contribution in [-0.4, -0.2) is 73.2 Å². The number of hydrogen-bond donors (Lipinski definition) is 1. The summed E-state index contributed by atoms with van der Waals surface area (Å²) in [4.78, 5) is 51.7. The van der Waals surface area contributed by atoms with Crippen LogP contribution in [0.5, 0.6) is 5.75 Å². The van der Waals surface area contributed by atoms with E-state index in [1.807, 2.05) is 6.92 Å². The second-order valence-corrected chi connectivity index (χ2v) is 12.3. The topological polar surface area (TPSA) is 120 Å². The number of nitrogens with zero attached hydrogens (tertiary/aromatic N) is 1. The maximum atomic E-state index is 13.0. The number of esters is 2. The first-order valence-corrected chi connectivity index (χ1v) is 15.8. The van der Waals surface area contributed by atoms with Gasteiger partial charge in [0.2, 0.25) is 11.8 Å². The molecule has 3 aliphatic heterocycles. The van der Waals surface area contributed by atoms with Crippen LogP contribution < -0.4 is 10.1 Å². The highest BCUT2D eigenvalue weighted by Crippen LogP contribution is 2.40. The van der Waals surface area contributed by atoms with Gasteiger partial charge < -0.3 is 29.2 Å². The third-order valence-corrected chi connectivity index (χ3v) is 8.88. The number of nitrogens with one attached hydrogen (secondary N) is 1. The van der Waals surface area contributed by atoms with Gasteiger partial charge in [0, 0.05) is 13.2 Å². The van der Waals surface area contributed by atoms with E-state index in [1.165, 1.54) is 18.4 Å². The molecule has 0 aromatic heterocycles. The molecule has 1 N–H and O–H groups in total. The first kappa shape index (κ1) is 30.1. The highest BCUT2D eigenvalue weighted by atomic mass is 16.5. The molecule has 3 heterocycles. The summed E-state index contributed by atoms with van der Waals surface area (Å²) in [7, 11) is 0. The van der Waals surface area contributed by atoms with Gasteiger partial charge in [-0.1, -0.05) is 24.3 Å². The van der Waals surface area contributed by atoms with E-state index < -0.39 is 30.2 Å². The summed E-state index contributed by atoms with van der Waals surface area (Å²) >= 11 is 0. The fourth-order valence-corrected chi connectivity index (χ4v) is 6.21. The Morgan fingerprint density at radius 3 is 2.41 bits per heavy atom. The second-order valence-electron chi connectivity index (χ2n) is 12.3. The van der Waals surface area contributed by atoms with Crippen LogP contribution in [0.2, 0.25) is 0 Å². The number of carbonyl (C=O) groups is 4. The number of cyclic esters (lactones) is 1. The summed E-state index contributed by atoms with van der Waals surface area (Å²) in [5.41, 5.74) is 2.64. The molecule has 10 heteroatoms. The molecular formula is C34H40N2O8. The third kappa shape index (κ3) is 7.23. The van der Waals surface area contributed by atoms with Crippen LogP contribution in [-0.2, 0) is 28.6 Å². The molecule has 1 saturated carbocycles. The van der Waals surface area contributed by atoms with Gasteiger partial charge in [-0.2, -0.15) is 0 Å². The van der Waals surface area contributed by atoms with Crippen LogP contribution in [0.3, 0.4) is 0 Å². The fraction of sp³-hybridized carbons (Fsp3) is 0.529. The Morgan fingerprint density at radius 1 is 0.977 bits per heavy atom. The van der Waals surface area contributed by atoms with Crippen LogP contribution in [0.15, 0.2) is 48.5 Å². The van der Waals surface area contributed by atoms with Crippen LogP contribution >= 0.6 is 0 Å². The molecule has 2 amide bonds. The van der Waals surface area contributed by atoms with Crippen molar-refractivity contribution in [2.75, 3.05) is 26.3 Å². The van der Waals surface area contributed by atoms with Crippen molar-refractivity contribution in [1.82, 2.24) is 10.2 Å². The number of rotatable bonds is 10. The number of amides is 2. The number of benzene rings is 2. The average molecular weight is 605 g/mol. The molecule has 0 radical (unpaired) electrons. The van der Waals surface area contributed by atoms with Crippen molar-refractivity contribution in [1.29, 1.82) is 0 Å². The Kier molecular flexibility index (Phi) is 9.16. The smallest absolute Gasteiger partial charge is 0.338 e. The van der Waals surface area contributed by atoms with E-state index in [1.54, 1.807) is 29.2 Å². The van der Waals surface area contributed by atoms with Gasteiger partial charge in [0.25, 0.3) is 0 Å². The molecule has 6 rings (SSSR count). The van der Waals surface area contributed by atoms with Crippen molar-refractivity contribution in [2.45, 2.75) is 82.1 Å². The van der Waals surface area contributed by atoms with E-state index in [0.717, 1.165) is 12.0 Å². The summed E-state index contributed by atoms with van der Waals surface area (Å²) < 4.78 is 22.7. The quantitative estimate of drug-likeness (QED) is 0.403. The molecule has 10 nitrogen and oxygen atoms in total. The van der Waals surface area contributed by atoms with E-state index in [4.69, 9.17) is 18.9 Å². The van der Waals surface area contributed by atoms with Gasteiger partial charge in [-0.05, 0) is 86.8 Å². The highest BCUT2D eigenvalue weighted by Gasteiger charge is 2.36. The zero-order chi connectivity index (χ0) is 30.6. The number of ether oxygens (including phenoxy) is 4.